The predicted molar refractivity (Wildman–Crippen MR) is 99.1 cm³/mol. The lowest BCUT2D eigenvalue weighted by atomic mass is 9.78. The molecular formula is C22H27NO. The predicted octanol–water partition coefficient (Wildman–Crippen LogP) is 4.56. The zero-order chi connectivity index (χ0) is 16.8. The van der Waals surface area contributed by atoms with Crippen LogP contribution in [0.25, 0.3) is 0 Å². The van der Waals surface area contributed by atoms with E-state index in [2.05, 4.69) is 48.6 Å². The number of hydrogen-bond donors (Lipinski definition) is 1. The standard InChI is InChI=1S/C22H27NO/c1-18-11-13-19(14-12-18)8-7-17-23-21(24)22(15-5-6-16-22)20-9-3-2-4-10-20/h2-4,9-14H,5-8,15-17H2,1H3,(H,23,24). The van der Waals surface area contributed by atoms with E-state index in [1.807, 2.05) is 18.2 Å². The van der Waals surface area contributed by atoms with E-state index in [0.717, 1.165) is 45.1 Å². The van der Waals surface area contributed by atoms with Crippen LogP contribution in [0, 0.1) is 6.92 Å². The quantitative estimate of drug-likeness (QED) is 0.777. The average molecular weight is 321 g/mol. The summed E-state index contributed by atoms with van der Waals surface area (Å²) in [6, 6.07) is 19.0. The summed E-state index contributed by atoms with van der Waals surface area (Å²) in [4.78, 5) is 12.9. The molecule has 0 heterocycles. The van der Waals surface area contributed by atoms with Crippen molar-refractivity contribution in [2.75, 3.05) is 6.54 Å². The first-order chi connectivity index (χ1) is 11.7. The van der Waals surface area contributed by atoms with E-state index in [1.165, 1.54) is 16.7 Å². The van der Waals surface area contributed by atoms with Gasteiger partial charge in [0, 0.05) is 6.54 Å². The summed E-state index contributed by atoms with van der Waals surface area (Å²) in [7, 11) is 0. The highest BCUT2D eigenvalue weighted by molar-refractivity contribution is 5.88. The highest BCUT2D eigenvalue weighted by Gasteiger charge is 2.42. The van der Waals surface area contributed by atoms with E-state index in [-0.39, 0.29) is 11.3 Å². The molecule has 3 rings (SSSR count). The van der Waals surface area contributed by atoms with Crippen LogP contribution < -0.4 is 5.32 Å². The van der Waals surface area contributed by atoms with Crippen molar-refractivity contribution in [2.45, 2.75) is 50.9 Å². The van der Waals surface area contributed by atoms with E-state index in [9.17, 15) is 4.79 Å². The largest absolute Gasteiger partial charge is 0.355 e. The molecule has 2 nitrogen and oxygen atoms in total. The Labute approximate surface area is 145 Å². The van der Waals surface area contributed by atoms with Crippen molar-refractivity contribution in [3.05, 3.63) is 71.3 Å². The van der Waals surface area contributed by atoms with Crippen molar-refractivity contribution in [1.82, 2.24) is 5.32 Å². The van der Waals surface area contributed by atoms with Crippen LogP contribution in [-0.4, -0.2) is 12.5 Å². The van der Waals surface area contributed by atoms with Crippen LogP contribution in [0.3, 0.4) is 0 Å². The number of hydrogen-bond acceptors (Lipinski definition) is 1. The zero-order valence-corrected chi connectivity index (χ0v) is 14.6. The van der Waals surface area contributed by atoms with Crippen LogP contribution in [0.4, 0.5) is 0 Å². The van der Waals surface area contributed by atoms with Crippen molar-refractivity contribution in [1.29, 1.82) is 0 Å². The van der Waals surface area contributed by atoms with Crippen LogP contribution in [0.1, 0.15) is 48.8 Å². The normalized spacial score (nSPS) is 16.0. The van der Waals surface area contributed by atoms with Crippen LogP contribution >= 0.6 is 0 Å². The van der Waals surface area contributed by atoms with Gasteiger partial charge in [0.25, 0.3) is 0 Å². The molecule has 1 fully saturated rings. The Kier molecular flexibility index (Phi) is 5.34. The molecule has 126 valence electrons. The van der Waals surface area contributed by atoms with Gasteiger partial charge < -0.3 is 5.32 Å². The minimum Gasteiger partial charge on any atom is -0.355 e. The first-order valence-electron chi connectivity index (χ1n) is 9.10. The first-order valence-corrected chi connectivity index (χ1v) is 9.10. The Morgan fingerprint density at radius 2 is 1.67 bits per heavy atom. The summed E-state index contributed by atoms with van der Waals surface area (Å²) in [6.45, 7) is 2.86. The van der Waals surface area contributed by atoms with Gasteiger partial charge in [-0.15, -0.1) is 0 Å². The molecule has 1 amide bonds. The number of carbonyl (C=O) groups is 1. The van der Waals surface area contributed by atoms with E-state index < -0.39 is 0 Å². The fourth-order valence-corrected chi connectivity index (χ4v) is 3.80. The number of amides is 1. The lowest BCUT2D eigenvalue weighted by molar-refractivity contribution is -0.126. The molecular weight excluding hydrogens is 294 g/mol. The van der Waals surface area contributed by atoms with Crippen molar-refractivity contribution in [3.8, 4) is 0 Å². The van der Waals surface area contributed by atoms with Crippen LogP contribution in [0.2, 0.25) is 0 Å². The third kappa shape index (κ3) is 3.69. The maximum atomic E-state index is 12.9. The molecule has 0 unspecified atom stereocenters. The van der Waals surface area contributed by atoms with Crippen LogP contribution in [-0.2, 0) is 16.6 Å². The van der Waals surface area contributed by atoms with Gasteiger partial charge in [-0.25, -0.2) is 0 Å². The first kappa shape index (κ1) is 16.8. The summed E-state index contributed by atoms with van der Waals surface area (Å²) < 4.78 is 0. The third-order valence-electron chi connectivity index (χ3n) is 5.27. The molecule has 2 aromatic rings. The van der Waals surface area contributed by atoms with E-state index in [0.29, 0.717) is 0 Å². The molecule has 0 radical (unpaired) electrons. The zero-order valence-electron chi connectivity index (χ0n) is 14.6. The Morgan fingerprint density at radius 1 is 1.00 bits per heavy atom. The van der Waals surface area contributed by atoms with Crippen molar-refractivity contribution < 1.29 is 4.79 Å². The van der Waals surface area contributed by atoms with Crippen LogP contribution in [0.5, 0.6) is 0 Å². The monoisotopic (exact) mass is 321 g/mol. The lowest BCUT2D eigenvalue weighted by Crippen LogP contribution is -2.43. The number of benzene rings is 2. The number of carbonyl (C=O) groups excluding carboxylic acids is 1. The molecule has 0 spiro atoms. The highest BCUT2D eigenvalue weighted by Crippen LogP contribution is 2.41. The molecule has 0 bridgehead atoms. The number of rotatable bonds is 6. The molecule has 2 heteroatoms. The minimum absolute atomic E-state index is 0.218. The Bertz CT molecular complexity index is 654. The molecule has 1 aliphatic rings. The molecule has 0 saturated heterocycles. The SMILES string of the molecule is Cc1ccc(CCCNC(=O)C2(c3ccccc3)CCCC2)cc1. The second-order valence-electron chi connectivity index (χ2n) is 7.00. The molecule has 24 heavy (non-hydrogen) atoms. The van der Waals surface area contributed by atoms with Crippen molar-refractivity contribution in [2.24, 2.45) is 0 Å². The molecule has 0 aliphatic heterocycles. The maximum absolute atomic E-state index is 12.9. The van der Waals surface area contributed by atoms with Gasteiger partial charge >= 0.3 is 0 Å². The van der Waals surface area contributed by atoms with Gasteiger partial charge in [-0.05, 0) is 43.7 Å². The summed E-state index contributed by atoms with van der Waals surface area (Å²) in [6.07, 6.45) is 6.23. The minimum atomic E-state index is -0.300. The van der Waals surface area contributed by atoms with E-state index >= 15 is 0 Å². The fraction of sp³-hybridized carbons (Fsp3) is 0.409. The van der Waals surface area contributed by atoms with Gasteiger partial charge in [0.1, 0.15) is 0 Å². The molecule has 0 aromatic heterocycles. The summed E-state index contributed by atoms with van der Waals surface area (Å²) in [5, 5.41) is 3.21. The van der Waals surface area contributed by atoms with E-state index in [4.69, 9.17) is 0 Å². The van der Waals surface area contributed by atoms with Gasteiger partial charge in [-0.2, -0.15) is 0 Å². The van der Waals surface area contributed by atoms with E-state index in [1.54, 1.807) is 0 Å². The van der Waals surface area contributed by atoms with Gasteiger partial charge in [0.2, 0.25) is 5.91 Å². The van der Waals surface area contributed by atoms with Gasteiger partial charge in [0.05, 0.1) is 5.41 Å². The fourth-order valence-electron chi connectivity index (χ4n) is 3.80. The molecule has 1 saturated carbocycles. The number of nitrogens with one attached hydrogen (secondary N) is 1. The smallest absolute Gasteiger partial charge is 0.230 e. The highest BCUT2D eigenvalue weighted by atomic mass is 16.2. The molecule has 1 N–H and O–H groups in total. The second kappa shape index (κ2) is 7.65. The summed E-state index contributed by atoms with van der Waals surface area (Å²) in [5.74, 6) is 0.218. The lowest BCUT2D eigenvalue weighted by Gasteiger charge is -2.28. The molecule has 0 atom stereocenters. The Balaban J connectivity index is 1.56. The topological polar surface area (TPSA) is 29.1 Å². The van der Waals surface area contributed by atoms with Gasteiger partial charge in [-0.1, -0.05) is 73.0 Å². The number of aryl methyl sites for hydroxylation is 2. The maximum Gasteiger partial charge on any atom is 0.230 e. The van der Waals surface area contributed by atoms with Gasteiger partial charge in [-0.3, -0.25) is 4.79 Å². The second-order valence-corrected chi connectivity index (χ2v) is 7.00. The van der Waals surface area contributed by atoms with Crippen molar-refractivity contribution in [3.63, 3.8) is 0 Å². The van der Waals surface area contributed by atoms with Gasteiger partial charge in [0.15, 0.2) is 0 Å². The van der Waals surface area contributed by atoms with Crippen molar-refractivity contribution >= 4 is 5.91 Å². The third-order valence-corrected chi connectivity index (χ3v) is 5.27. The molecule has 1 aliphatic carbocycles. The summed E-state index contributed by atoms with van der Waals surface area (Å²) >= 11 is 0. The Morgan fingerprint density at radius 3 is 2.33 bits per heavy atom. The summed E-state index contributed by atoms with van der Waals surface area (Å²) in [5.41, 5.74) is 3.51. The van der Waals surface area contributed by atoms with Crippen LogP contribution in [0.15, 0.2) is 54.6 Å². The average Bonchev–Trinajstić information content (AvgIpc) is 3.12. The Hall–Kier alpha value is -2.09. The molecule has 2 aromatic carbocycles.